The first kappa shape index (κ1) is 10.8. The van der Waals surface area contributed by atoms with Crippen molar-refractivity contribution >= 4 is 22.9 Å². The highest BCUT2D eigenvalue weighted by Crippen LogP contribution is 2.10. The van der Waals surface area contributed by atoms with Crippen molar-refractivity contribution in [2.45, 2.75) is 13.3 Å². The van der Waals surface area contributed by atoms with Crippen LogP contribution in [0.3, 0.4) is 0 Å². The summed E-state index contributed by atoms with van der Waals surface area (Å²) < 4.78 is 1.64. The minimum atomic E-state index is -0.0710. The van der Waals surface area contributed by atoms with Crippen LogP contribution >= 0.6 is 11.3 Å². The molecule has 0 saturated carbocycles. The van der Waals surface area contributed by atoms with Gasteiger partial charge < -0.3 is 5.32 Å². The van der Waals surface area contributed by atoms with Crippen LogP contribution in [0.5, 0.6) is 0 Å². The number of nitrogens with one attached hydrogen (secondary N) is 1. The van der Waals surface area contributed by atoms with E-state index in [1.165, 1.54) is 0 Å². The minimum absolute atomic E-state index is 0.0710. The summed E-state index contributed by atoms with van der Waals surface area (Å²) in [6, 6.07) is 0. The quantitative estimate of drug-likeness (QED) is 0.875. The molecule has 0 atom stereocenters. The van der Waals surface area contributed by atoms with E-state index < -0.39 is 0 Å². The van der Waals surface area contributed by atoms with Crippen molar-refractivity contribution in [3.05, 3.63) is 28.5 Å². The lowest BCUT2D eigenvalue weighted by Gasteiger charge is -1.99. The van der Waals surface area contributed by atoms with E-state index in [9.17, 15) is 4.79 Å². The molecule has 0 aliphatic rings. The number of aromatic nitrogens is 3. The predicted octanol–water partition coefficient (Wildman–Crippen LogP) is 1.37. The second-order valence-electron chi connectivity index (χ2n) is 3.49. The lowest BCUT2D eigenvalue weighted by Crippen LogP contribution is -2.14. The maximum absolute atomic E-state index is 11.6. The van der Waals surface area contributed by atoms with Gasteiger partial charge in [0.1, 0.15) is 0 Å². The van der Waals surface area contributed by atoms with E-state index in [0.717, 1.165) is 10.7 Å². The molecule has 0 aliphatic carbocycles. The Morgan fingerprint density at radius 3 is 3.00 bits per heavy atom. The van der Waals surface area contributed by atoms with E-state index in [0.29, 0.717) is 12.1 Å². The Bertz CT molecular complexity index is 458. The Hall–Kier alpha value is -1.69. The number of hydrogen-bond acceptors (Lipinski definition) is 4. The van der Waals surface area contributed by atoms with Crippen LogP contribution in [0.25, 0.3) is 0 Å². The molecule has 0 spiro atoms. The smallest absolute Gasteiger partial charge is 0.230 e. The molecule has 2 aromatic rings. The van der Waals surface area contributed by atoms with Gasteiger partial charge in [-0.05, 0) is 6.92 Å². The predicted molar refractivity (Wildman–Crippen MR) is 62.4 cm³/mol. The van der Waals surface area contributed by atoms with E-state index in [1.807, 2.05) is 12.3 Å². The van der Waals surface area contributed by atoms with Gasteiger partial charge in [0.25, 0.3) is 0 Å². The van der Waals surface area contributed by atoms with Crippen molar-refractivity contribution in [1.29, 1.82) is 0 Å². The molecule has 0 radical (unpaired) electrons. The minimum Gasteiger partial charge on any atom is -0.323 e. The molecule has 0 saturated heterocycles. The first-order valence-corrected chi connectivity index (χ1v) is 5.71. The van der Waals surface area contributed by atoms with Crippen molar-refractivity contribution in [2.24, 2.45) is 7.05 Å². The van der Waals surface area contributed by atoms with Gasteiger partial charge >= 0.3 is 0 Å². The zero-order valence-corrected chi connectivity index (χ0v) is 9.91. The Morgan fingerprint density at radius 2 is 2.44 bits per heavy atom. The lowest BCUT2D eigenvalue weighted by molar-refractivity contribution is -0.115. The monoisotopic (exact) mass is 236 g/mol. The van der Waals surface area contributed by atoms with Gasteiger partial charge in [-0.25, -0.2) is 4.98 Å². The molecule has 6 heteroatoms. The van der Waals surface area contributed by atoms with Crippen molar-refractivity contribution in [3.8, 4) is 0 Å². The topological polar surface area (TPSA) is 59.8 Å². The van der Waals surface area contributed by atoms with E-state index in [4.69, 9.17) is 0 Å². The van der Waals surface area contributed by atoms with Crippen LogP contribution in [0.4, 0.5) is 5.69 Å². The first-order chi connectivity index (χ1) is 7.63. The lowest BCUT2D eigenvalue weighted by atomic mass is 10.3. The Morgan fingerprint density at radius 1 is 1.62 bits per heavy atom. The largest absolute Gasteiger partial charge is 0.323 e. The van der Waals surface area contributed by atoms with Gasteiger partial charge in [0.05, 0.1) is 29.0 Å². The van der Waals surface area contributed by atoms with Crippen LogP contribution in [-0.4, -0.2) is 20.7 Å². The highest BCUT2D eigenvalue weighted by Gasteiger charge is 2.07. The highest BCUT2D eigenvalue weighted by atomic mass is 32.1. The Balaban J connectivity index is 1.94. The fourth-order valence-corrected chi connectivity index (χ4v) is 1.96. The summed E-state index contributed by atoms with van der Waals surface area (Å²) in [5.41, 5.74) is 1.52. The standard InChI is InChI=1S/C10H12N4OS/c1-7-12-8(6-16-7)3-10(15)13-9-4-11-14(2)5-9/h4-6H,3H2,1-2H3,(H,13,15). The fourth-order valence-electron chi connectivity index (χ4n) is 1.34. The summed E-state index contributed by atoms with van der Waals surface area (Å²) >= 11 is 1.55. The average molecular weight is 236 g/mol. The third-order valence-electron chi connectivity index (χ3n) is 2.00. The molecule has 2 rings (SSSR count). The summed E-state index contributed by atoms with van der Waals surface area (Å²) in [7, 11) is 1.81. The van der Waals surface area contributed by atoms with Crippen LogP contribution in [0.15, 0.2) is 17.8 Å². The number of amides is 1. The number of anilines is 1. The molecule has 0 unspecified atom stereocenters. The number of carbonyl (C=O) groups is 1. The zero-order valence-electron chi connectivity index (χ0n) is 9.10. The molecule has 84 valence electrons. The molecule has 0 bridgehead atoms. The number of nitrogens with zero attached hydrogens (tertiary/aromatic N) is 3. The van der Waals surface area contributed by atoms with E-state index in [-0.39, 0.29) is 5.91 Å². The molecule has 16 heavy (non-hydrogen) atoms. The number of rotatable bonds is 3. The van der Waals surface area contributed by atoms with Crippen LogP contribution in [-0.2, 0) is 18.3 Å². The van der Waals surface area contributed by atoms with Gasteiger partial charge in [0.15, 0.2) is 0 Å². The number of aryl methyl sites for hydroxylation is 2. The normalized spacial score (nSPS) is 10.4. The highest BCUT2D eigenvalue weighted by molar-refractivity contribution is 7.09. The summed E-state index contributed by atoms with van der Waals surface area (Å²) in [6.45, 7) is 1.92. The maximum atomic E-state index is 11.6. The third-order valence-corrected chi connectivity index (χ3v) is 2.82. The average Bonchev–Trinajstić information content (AvgIpc) is 2.76. The Labute approximate surface area is 97.1 Å². The fraction of sp³-hybridized carbons (Fsp3) is 0.300. The second kappa shape index (κ2) is 4.44. The van der Waals surface area contributed by atoms with E-state index in [2.05, 4.69) is 15.4 Å². The van der Waals surface area contributed by atoms with Crippen molar-refractivity contribution < 1.29 is 4.79 Å². The van der Waals surface area contributed by atoms with E-state index >= 15 is 0 Å². The van der Waals surface area contributed by atoms with Crippen molar-refractivity contribution in [3.63, 3.8) is 0 Å². The van der Waals surface area contributed by atoms with Crippen molar-refractivity contribution in [2.75, 3.05) is 5.32 Å². The number of thiazole rings is 1. The van der Waals surface area contributed by atoms with Crippen LogP contribution < -0.4 is 5.32 Å². The van der Waals surface area contributed by atoms with Crippen LogP contribution in [0.2, 0.25) is 0 Å². The third kappa shape index (κ3) is 2.66. The molecular weight excluding hydrogens is 224 g/mol. The molecule has 0 fully saturated rings. The molecule has 2 aromatic heterocycles. The molecule has 5 nitrogen and oxygen atoms in total. The number of hydrogen-bond donors (Lipinski definition) is 1. The van der Waals surface area contributed by atoms with Gasteiger partial charge in [-0.3, -0.25) is 9.48 Å². The first-order valence-electron chi connectivity index (χ1n) is 4.83. The van der Waals surface area contributed by atoms with Gasteiger partial charge in [0, 0.05) is 18.6 Å². The summed E-state index contributed by atoms with van der Waals surface area (Å²) in [6.07, 6.45) is 3.67. The van der Waals surface area contributed by atoms with Crippen LogP contribution in [0.1, 0.15) is 10.7 Å². The van der Waals surface area contributed by atoms with Gasteiger partial charge in [-0.2, -0.15) is 5.10 Å². The summed E-state index contributed by atoms with van der Waals surface area (Å²) in [5, 5.41) is 9.61. The maximum Gasteiger partial charge on any atom is 0.230 e. The molecule has 1 amide bonds. The van der Waals surface area contributed by atoms with Crippen molar-refractivity contribution in [1.82, 2.24) is 14.8 Å². The Kier molecular flexibility index (Phi) is 3.00. The van der Waals surface area contributed by atoms with Gasteiger partial charge in [0.2, 0.25) is 5.91 Å². The summed E-state index contributed by atoms with van der Waals surface area (Å²) in [4.78, 5) is 15.9. The second-order valence-corrected chi connectivity index (χ2v) is 4.55. The van der Waals surface area contributed by atoms with Gasteiger partial charge in [-0.1, -0.05) is 0 Å². The van der Waals surface area contributed by atoms with E-state index in [1.54, 1.807) is 35.5 Å². The molecule has 0 aromatic carbocycles. The molecule has 1 N–H and O–H groups in total. The molecular formula is C10H12N4OS. The number of carbonyl (C=O) groups excluding carboxylic acids is 1. The van der Waals surface area contributed by atoms with Gasteiger partial charge in [-0.15, -0.1) is 11.3 Å². The SMILES string of the molecule is Cc1nc(CC(=O)Nc2cnn(C)c2)cs1. The van der Waals surface area contributed by atoms with Crippen LogP contribution in [0, 0.1) is 6.92 Å². The zero-order chi connectivity index (χ0) is 11.5. The summed E-state index contributed by atoms with van der Waals surface area (Å²) in [5.74, 6) is -0.0710. The molecule has 0 aliphatic heterocycles. The molecule has 2 heterocycles.